The van der Waals surface area contributed by atoms with Crippen molar-refractivity contribution in [3.8, 4) is 0 Å². The van der Waals surface area contributed by atoms with Gasteiger partial charge in [-0.25, -0.2) is 9.97 Å². The van der Waals surface area contributed by atoms with Gasteiger partial charge >= 0.3 is 0 Å². The predicted octanol–water partition coefficient (Wildman–Crippen LogP) is 1.07. The normalized spacial score (nSPS) is 27.7. The Kier molecular flexibility index (Phi) is 4.25. The summed E-state index contributed by atoms with van der Waals surface area (Å²) >= 11 is 0. The van der Waals surface area contributed by atoms with E-state index in [1.807, 2.05) is 18.5 Å². The van der Waals surface area contributed by atoms with Gasteiger partial charge in [0.1, 0.15) is 0 Å². The average Bonchev–Trinajstić information content (AvgIpc) is 3.00. The zero-order valence-electron chi connectivity index (χ0n) is 11.3. The van der Waals surface area contributed by atoms with Crippen molar-refractivity contribution in [2.75, 3.05) is 37.7 Å². The van der Waals surface area contributed by atoms with Gasteiger partial charge in [0.05, 0.1) is 6.61 Å². The Balaban J connectivity index is 1.50. The van der Waals surface area contributed by atoms with Gasteiger partial charge in [0, 0.05) is 44.7 Å². The van der Waals surface area contributed by atoms with Crippen LogP contribution in [0.2, 0.25) is 0 Å². The summed E-state index contributed by atoms with van der Waals surface area (Å²) in [5, 5.41) is 3.69. The smallest absolute Gasteiger partial charge is 0.225 e. The van der Waals surface area contributed by atoms with Crippen LogP contribution in [-0.4, -0.2) is 48.9 Å². The minimum Gasteiger partial charge on any atom is -0.381 e. The van der Waals surface area contributed by atoms with E-state index >= 15 is 0 Å². The zero-order chi connectivity index (χ0) is 12.9. The standard InChI is InChI=1S/C14H22N4O/c1-3-13(17-9-12-4-8-19-11-12)10-18(7-1)14-15-5-2-6-16-14/h2,5-6,12-13,17H,1,3-4,7-11H2. The second-order valence-electron chi connectivity index (χ2n) is 5.47. The summed E-state index contributed by atoms with van der Waals surface area (Å²) in [5.74, 6) is 1.56. The van der Waals surface area contributed by atoms with Crippen LogP contribution in [0.1, 0.15) is 19.3 Å². The number of piperidine rings is 1. The van der Waals surface area contributed by atoms with Crippen LogP contribution in [0.3, 0.4) is 0 Å². The minimum atomic E-state index is 0.554. The van der Waals surface area contributed by atoms with Crippen LogP contribution in [0.5, 0.6) is 0 Å². The Hall–Kier alpha value is -1.20. The molecule has 0 saturated carbocycles. The maximum Gasteiger partial charge on any atom is 0.225 e. The lowest BCUT2D eigenvalue weighted by molar-refractivity contribution is 0.184. The highest BCUT2D eigenvalue weighted by atomic mass is 16.5. The third-order valence-corrected chi connectivity index (χ3v) is 3.98. The molecule has 104 valence electrons. The van der Waals surface area contributed by atoms with Gasteiger partial charge in [-0.1, -0.05) is 0 Å². The van der Waals surface area contributed by atoms with Gasteiger partial charge in [-0.15, -0.1) is 0 Å². The predicted molar refractivity (Wildman–Crippen MR) is 74.2 cm³/mol. The molecule has 2 aliphatic heterocycles. The molecule has 0 spiro atoms. The van der Waals surface area contributed by atoms with Gasteiger partial charge < -0.3 is 15.0 Å². The van der Waals surface area contributed by atoms with Crippen molar-refractivity contribution >= 4 is 5.95 Å². The highest BCUT2D eigenvalue weighted by Gasteiger charge is 2.23. The molecule has 2 fully saturated rings. The number of aromatic nitrogens is 2. The summed E-state index contributed by atoms with van der Waals surface area (Å²) < 4.78 is 5.42. The van der Waals surface area contributed by atoms with Crippen molar-refractivity contribution in [1.82, 2.24) is 15.3 Å². The molecule has 2 aliphatic rings. The second-order valence-corrected chi connectivity index (χ2v) is 5.47. The first-order valence-electron chi connectivity index (χ1n) is 7.25. The Bertz CT molecular complexity index is 380. The minimum absolute atomic E-state index is 0.554. The Morgan fingerprint density at radius 2 is 2.21 bits per heavy atom. The van der Waals surface area contributed by atoms with E-state index in [4.69, 9.17) is 4.74 Å². The highest BCUT2D eigenvalue weighted by molar-refractivity contribution is 5.29. The van der Waals surface area contributed by atoms with E-state index in [9.17, 15) is 0 Å². The fourth-order valence-electron chi connectivity index (χ4n) is 2.86. The first-order valence-corrected chi connectivity index (χ1v) is 7.25. The fourth-order valence-corrected chi connectivity index (χ4v) is 2.86. The van der Waals surface area contributed by atoms with Crippen molar-refractivity contribution in [1.29, 1.82) is 0 Å². The maximum atomic E-state index is 5.42. The van der Waals surface area contributed by atoms with E-state index in [0.29, 0.717) is 12.0 Å². The SMILES string of the molecule is c1cnc(N2CCCC(NCC3CCOC3)C2)nc1. The molecular formula is C14H22N4O. The molecule has 1 N–H and O–H groups in total. The van der Waals surface area contributed by atoms with Gasteiger partial charge in [0.25, 0.3) is 0 Å². The summed E-state index contributed by atoms with van der Waals surface area (Å²) in [7, 11) is 0. The first kappa shape index (κ1) is 12.8. The molecule has 0 amide bonds. The van der Waals surface area contributed by atoms with Crippen molar-refractivity contribution in [2.45, 2.75) is 25.3 Å². The quantitative estimate of drug-likeness (QED) is 0.879. The van der Waals surface area contributed by atoms with Crippen LogP contribution in [0.25, 0.3) is 0 Å². The largest absolute Gasteiger partial charge is 0.381 e. The third kappa shape index (κ3) is 3.42. The van der Waals surface area contributed by atoms with Crippen molar-refractivity contribution in [3.63, 3.8) is 0 Å². The number of hydrogen-bond donors (Lipinski definition) is 1. The van der Waals surface area contributed by atoms with Crippen molar-refractivity contribution in [2.24, 2.45) is 5.92 Å². The summed E-state index contributed by atoms with van der Waals surface area (Å²) in [4.78, 5) is 11.0. The van der Waals surface area contributed by atoms with E-state index in [1.54, 1.807) is 0 Å². The number of ether oxygens (including phenoxy) is 1. The lowest BCUT2D eigenvalue weighted by Gasteiger charge is -2.33. The molecule has 2 saturated heterocycles. The molecule has 3 rings (SSSR count). The second kappa shape index (κ2) is 6.30. The number of nitrogens with zero attached hydrogens (tertiary/aromatic N) is 3. The Morgan fingerprint density at radius 1 is 1.32 bits per heavy atom. The molecular weight excluding hydrogens is 240 g/mol. The van der Waals surface area contributed by atoms with Crippen LogP contribution in [0.15, 0.2) is 18.5 Å². The van der Waals surface area contributed by atoms with E-state index in [0.717, 1.165) is 38.8 Å². The number of nitrogens with one attached hydrogen (secondary N) is 1. The fraction of sp³-hybridized carbons (Fsp3) is 0.714. The van der Waals surface area contributed by atoms with Gasteiger partial charge in [-0.05, 0) is 31.2 Å². The van der Waals surface area contributed by atoms with Crippen molar-refractivity contribution < 1.29 is 4.74 Å². The summed E-state index contributed by atoms with van der Waals surface area (Å²) in [5.41, 5.74) is 0. The molecule has 0 aromatic carbocycles. The topological polar surface area (TPSA) is 50.3 Å². The molecule has 2 atom stereocenters. The van der Waals surface area contributed by atoms with E-state index in [1.165, 1.54) is 19.3 Å². The van der Waals surface area contributed by atoms with Crippen molar-refractivity contribution in [3.05, 3.63) is 18.5 Å². The Morgan fingerprint density at radius 3 is 3.00 bits per heavy atom. The summed E-state index contributed by atoms with van der Waals surface area (Å²) in [6.45, 7) is 5.01. The van der Waals surface area contributed by atoms with Crippen LogP contribution >= 0.6 is 0 Å². The van der Waals surface area contributed by atoms with Gasteiger partial charge in [0.15, 0.2) is 0 Å². The zero-order valence-corrected chi connectivity index (χ0v) is 11.3. The molecule has 19 heavy (non-hydrogen) atoms. The van der Waals surface area contributed by atoms with Crippen LogP contribution in [0.4, 0.5) is 5.95 Å². The number of anilines is 1. The van der Waals surface area contributed by atoms with E-state index in [-0.39, 0.29) is 0 Å². The lowest BCUT2D eigenvalue weighted by Crippen LogP contribution is -2.47. The molecule has 0 bridgehead atoms. The monoisotopic (exact) mass is 262 g/mol. The molecule has 0 aliphatic carbocycles. The molecule has 0 radical (unpaired) electrons. The maximum absolute atomic E-state index is 5.42. The highest BCUT2D eigenvalue weighted by Crippen LogP contribution is 2.16. The van der Waals surface area contributed by atoms with E-state index in [2.05, 4.69) is 20.2 Å². The molecule has 5 heteroatoms. The van der Waals surface area contributed by atoms with Gasteiger partial charge in [0.2, 0.25) is 5.95 Å². The van der Waals surface area contributed by atoms with Gasteiger partial charge in [-0.2, -0.15) is 0 Å². The molecule has 1 aromatic heterocycles. The average molecular weight is 262 g/mol. The summed E-state index contributed by atoms with van der Waals surface area (Å²) in [6.07, 6.45) is 7.28. The van der Waals surface area contributed by atoms with Crippen LogP contribution in [-0.2, 0) is 4.74 Å². The van der Waals surface area contributed by atoms with Crippen LogP contribution in [0, 0.1) is 5.92 Å². The molecule has 1 aromatic rings. The lowest BCUT2D eigenvalue weighted by atomic mass is 10.0. The van der Waals surface area contributed by atoms with Gasteiger partial charge in [-0.3, -0.25) is 0 Å². The van der Waals surface area contributed by atoms with E-state index < -0.39 is 0 Å². The third-order valence-electron chi connectivity index (χ3n) is 3.98. The molecule has 3 heterocycles. The Labute approximate surface area is 114 Å². The number of rotatable bonds is 4. The summed E-state index contributed by atoms with van der Waals surface area (Å²) in [6, 6.07) is 2.42. The first-order chi connectivity index (χ1) is 9.42. The molecule has 2 unspecified atom stereocenters. The molecule has 5 nitrogen and oxygen atoms in total. The van der Waals surface area contributed by atoms with Crippen LogP contribution < -0.4 is 10.2 Å². The number of hydrogen-bond acceptors (Lipinski definition) is 5.